The predicted octanol–water partition coefficient (Wildman–Crippen LogP) is 5.21. The van der Waals surface area contributed by atoms with Gasteiger partial charge in [-0.3, -0.25) is 9.69 Å². The van der Waals surface area contributed by atoms with Gasteiger partial charge in [0.2, 0.25) is 5.91 Å². The molecule has 1 N–H and O–H groups in total. The van der Waals surface area contributed by atoms with Crippen molar-refractivity contribution in [3.63, 3.8) is 0 Å². The van der Waals surface area contributed by atoms with E-state index in [0.29, 0.717) is 24.6 Å². The van der Waals surface area contributed by atoms with Crippen LogP contribution in [-0.2, 0) is 11.3 Å². The van der Waals surface area contributed by atoms with Gasteiger partial charge in [0.05, 0.1) is 19.4 Å². The van der Waals surface area contributed by atoms with Crippen molar-refractivity contribution in [2.24, 2.45) is 0 Å². The van der Waals surface area contributed by atoms with Crippen LogP contribution >= 0.6 is 0 Å². The zero-order chi connectivity index (χ0) is 22.2. The highest BCUT2D eigenvalue weighted by atomic mass is 16.5. The molecule has 0 saturated carbocycles. The average molecular weight is 419 g/mol. The first-order valence-electron chi connectivity index (χ1n) is 10.4. The van der Waals surface area contributed by atoms with Crippen LogP contribution in [-0.4, -0.2) is 31.6 Å². The molecule has 162 valence electrons. The number of hydrogen-bond donors (Lipinski definition) is 1. The van der Waals surface area contributed by atoms with Crippen LogP contribution in [0.1, 0.15) is 29.7 Å². The highest BCUT2D eigenvalue weighted by Crippen LogP contribution is 2.29. The van der Waals surface area contributed by atoms with Crippen molar-refractivity contribution in [3.05, 3.63) is 89.5 Å². The standard InChI is InChI=1S/C26H30N2O3/c1-5-31-22-14-12-20(13-15-22)18-28(3)25(21-9-7-6-8-10-21)26(29)27-23-17-19(2)11-16-24(23)30-4/h6-17,25H,5,18H2,1-4H3,(H,27,29)/t25-/m0/s1. The van der Waals surface area contributed by atoms with E-state index in [1.807, 2.05) is 98.6 Å². The quantitative estimate of drug-likeness (QED) is 0.518. The smallest absolute Gasteiger partial charge is 0.246 e. The molecule has 0 aliphatic heterocycles. The molecule has 0 fully saturated rings. The normalized spacial score (nSPS) is 11.8. The molecule has 3 rings (SSSR count). The SMILES string of the molecule is CCOc1ccc(CN(C)[C@H](C(=O)Nc2cc(C)ccc2OC)c2ccccc2)cc1. The Morgan fingerprint density at radius 3 is 2.39 bits per heavy atom. The number of amides is 1. The third kappa shape index (κ3) is 5.86. The first-order valence-corrected chi connectivity index (χ1v) is 10.4. The number of ether oxygens (including phenoxy) is 2. The van der Waals surface area contributed by atoms with Crippen LogP contribution < -0.4 is 14.8 Å². The number of hydrogen-bond acceptors (Lipinski definition) is 4. The van der Waals surface area contributed by atoms with Crippen LogP contribution in [0, 0.1) is 6.92 Å². The highest BCUT2D eigenvalue weighted by molar-refractivity contribution is 5.96. The van der Waals surface area contributed by atoms with E-state index < -0.39 is 6.04 Å². The van der Waals surface area contributed by atoms with Crippen LogP contribution in [0.5, 0.6) is 11.5 Å². The Hall–Kier alpha value is -3.31. The zero-order valence-electron chi connectivity index (χ0n) is 18.6. The Morgan fingerprint density at radius 2 is 1.74 bits per heavy atom. The lowest BCUT2D eigenvalue weighted by Crippen LogP contribution is -2.34. The minimum atomic E-state index is -0.460. The van der Waals surface area contributed by atoms with Crippen molar-refractivity contribution in [3.8, 4) is 11.5 Å². The third-order valence-corrected chi connectivity index (χ3v) is 5.08. The number of nitrogens with one attached hydrogen (secondary N) is 1. The maximum atomic E-state index is 13.4. The number of benzene rings is 3. The lowest BCUT2D eigenvalue weighted by atomic mass is 10.0. The lowest BCUT2D eigenvalue weighted by molar-refractivity contribution is -0.121. The van der Waals surface area contributed by atoms with Gasteiger partial charge in [-0.25, -0.2) is 0 Å². The molecule has 0 bridgehead atoms. The van der Waals surface area contributed by atoms with Crippen molar-refractivity contribution >= 4 is 11.6 Å². The van der Waals surface area contributed by atoms with Gasteiger partial charge in [-0.1, -0.05) is 48.5 Å². The molecule has 0 spiro atoms. The molecule has 3 aromatic carbocycles. The van der Waals surface area contributed by atoms with E-state index in [1.165, 1.54) is 0 Å². The van der Waals surface area contributed by atoms with Gasteiger partial charge in [0.1, 0.15) is 17.5 Å². The maximum absolute atomic E-state index is 13.4. The minimum Gasteiger partial charge on any atom is -0.495 e. The molecule has 0 radical (unpaired) electrons. The molecule has 3 aromatic rings. The van der Waals surface area contributed by atoms with Gasteiger partial charge >= 0.3 is 0 Å². The van der Waals surface area contributed by atoms with E-state index in [9.17, 15) is 4.79 Å². The molecule has 1 amide bonds. The van der Waals surface area contributed by atoms with Gasteiger partial charge < -0.3 is 14.8 Å². The van der Waals surface area contributed by atoms with Crippen LogP contribution in [0.25, 0.3) is 0 Å². The molecule has 0 aliphatic carbocycles. The number of rotatable bonds is 9. The van der Waals surface area contributed by atoms with Crippen molar-refractivity contribution in [1.82, 2.24) is 4.90 Å². The van der Waals surface area contributed by atoms with Gasteiger partial charge in [0, 0.05) is 6.54 Å². The Bertz CT molecular complexity index is 987. The summed E-state index contributed by atoms with van der Waals surface area (Å²) in [6.45, 7) is 5.21. The topological polar surface area (TPSA) is 50.8 Å². The summed E-state index contributed by atoms with van der Waals surface area (Å²) in [7, 11) is 3.56. The van der Waals surface area contributed by atoms with Crippen molar-refractivity contribution in [2.45, 2.75) is 26.4 Å². The Labute approximate surface area is 184 Å². The summed E-state index contributed by atoms with van der Waals surface area (Å²) < 4.78 is 11.0. The van der Waals surface area contributed by atoms with E-state index in [2.05, 4.69) is 5.32 Å². The predicted molar refractivity (Wildman–Crippen MR) is 125 cm³/mol. The largest absolute Gasteiger partial charge is 0.495 e. The Balaban J connectivity index is 1.84. The number of anilines is 1. The minimum absolute atomic E-state index is 0.108. The fourth-order valence-electron chi connectivity index (χ4n) is 3.60. The monoisotopic (exact) mass is 418 g/mol. The number of carbonyl (C=O) groups excluding carboxylic acids is 1. The van der Waals surface area contributed by atoms with E-state index in [4.69, 9.17) is 9.47 Å². The molecule has 5 heteroatoms. The van der Waals surface area contributed by atoms with Crippen molar-refractivity contribution in [1.29, 1.82) is 0 Å². The zero-order valence-corrected chi connectivity index (χ0v) is 18.6. The lowest BCUT2D eigenvalue weighted by Gasteiger charge is -2.28. The molecule has 31 heavy (non-hydrogen) atoms. The van der Waals surface area contributed by atoms with Gasteiger partial charge in [-0.2, -0.15) is 0 Å². The molecule has 0 heterocycles. The van der Waals surface area contributed by atoms with Gasteiger partial charge in [-0.15, -0.1) is 0 Å². The third-order valence-electron chi connectivity index (χ3n) is 5.08. The summed E-state index contributed by atoms with van der Waals surface area (Å²) >= 11 is 0. The van der Waals surface area contributed by atoms with Gasteiger partial charge in [-0.05, 0) is 61.9 Å². The Kier molecular flexibility index (Phi) is 7.68. The molecular weight excluding hydrogens is 388 g/mol. The van der Waals surface area contributed by atoms with Crippen molar-refractivity contribution < 1.29 is 14.3 Å². The first kappa shape index (κ1) is 22.4. The summed E-state index contributed by atoms with van der Waals surface area (Å²) in [5, 5.41) is 3.07. The van der Waals surface area contributed by atoms with E-state index in [-0.39, 0.29) is 5.91 Å². The highest BCUT2D eigenvalue weighted by Gasteiger charge is 2.26. The fraction of sp³-hybridized carbons (Fsp3) is 0.269. The summed E-state index contributed by atoms with van der Waals surface area (Å²) in [5.74, 6) is 1.38. The van der Waals surface area contributed by atoms with E-state index >= 15 is 0 Å². The van der Waals surface area contributed by atoms with Crippen LogP contribution in [0.15, 0.2) is 72.8 Å². The van der Waals surface area contributed by atoms with E-state index in [1.54, 1.807) is 7.11 Å². The van der Waals surface area contributed by atoms with E-state index in [0.717, 1.165) is 22.4 Å². The number of nitrogens with zero attached hydrogens (tertiary/aromatic N) is 1. The fourth-order valence-corrected chi connectivity index (χ4v) is 3.60. The molecule has 5 nitrogen and oxygen atoms in total. The Morgan fingerprint density at radius 1 is 1.03 bits per heavy atom. The summed E-state index contributed by atoms with van der Waals surface area (Å²) in [5.41, 5.74) is 3.76. The summed E-state index contributed by atoms with van der Waals surface area (Å²) in [6.07, 6.45) is 0. The first-order chi connectivity index (χ1) is 15.0. The van der Waals surface area contributed by atoms with Crippen LogP contribution in [0.3, 0.4) is 0 Å². The molecule has 1 atom stereocenters. The van der Waals surface area contributed by atoms with Gasteiger partial charge in [0.15, 0.2) is 0 Å². The molecule has 0 saturated heterocycles. The number of likely N-dealkylation sites (N-methyl/N-ethyl adjacent to an activating group) is 1. The number of carbonyl (C=O) groups is 1. The number of methoxy groups -OCH3 is 1. The molecule has 0 aliphatic rings. The average Bonchev–Trinajstić information content (AvgIpc) is 2.76. The second-order valence-electron chi connectivity index (χ2n) is 7.50. The molecular formula is C26H30N2O3. The second kappa shape index (κ2) is 10.6. The van der Waals surface area contributed by atoms with Crippen LogP contribution in [0.4, 0.5) is 5.69 Å². The van der Waals surface area contributed by atoms with Gasteiger partial charge in [0.25, 0.3) is 0 Å². The van der Waals surface area contributed by atoms with Crippen LogP contribution in [0.2, 0.25) is 0 Å². The molecule has 0 unspecified atom stereocenters. The second-order valence-corrected chi connectivity index (χ2v) is 7.50. The summed E-state index contributed by atoms with van der Waals surface area (Å²) in [4.78, 5) is 15.5. The maximum Gasteiger partial charge on any atom is 0.246 e. The number of aryl methyl sites for hydroxylation is 1. The van der Waals surface area contributed by atoms with Crippen molar-refractivity contribution in [2.75, 3.05) is 26.1 Å². The molecule has 0 aromatic heterocycles. The summed E-state index contributed by atoms with van der Waals surface area (Å²) in [6, 6.07) is 23.1.